The third kappa shape index (κ3) is 3.76. The van der Waals surface area contributed by atoms with Crippen molar-refractivity contribution < 1.29 is 14.5 Å². The van der Waals surface area contributed by atoms with E-state index in [1.807, 2.05) is 31.2 Å². The standard InChI is InChI=1S/C20H19N3O4/c1-3-14-5-4-6-15(11-14)12-18(24)19-13(2)21-22(20(19)25)16-7-9-17(10-8-16)23(26)27/h4-11,19H,3,12H2,1-2H3. The highest BCUT2D eigenvalue weighted by atomic mass is 16.6. The van der Waals surface area contributed by atoms with Crippen molar-refractivity contribution in [2.45, 2.75) is 26.7 Å². The van der Waals surface area contributed by atoms with Gasteiger partial charge in [0, 0.05) is 18.6 Å². The molecule has 0 saturated carbocycles. The largest absolute Gasteiger partial charge is 0.298 e. The number of hydrogen-bond acceptors (Lipinski definition) is 5. The van der Waals surface area contributed by atoms with Crippen LogP contribution in [0.3, 0.4) is 0 Å². The zero-order valence-electron chi connectivity index (χ0n) is 15.1. The van der Waals surface area contributed by atoms with E-state index in [0.29, 0.717) is 11.4 Å². The highest BCUT2D eigenvalue weighted by Gasteiger charge is 2.39. The SMILES string of the molecule is CCc1cccc(CC(=O)C2C(=O)N(c3ccc([N+](=O)[O-])cc3)N=C2C)c1. The first-order chi connectivity index (χ1) is 12.9. The Morgan fingerprint density at radius 2 is 1.85 bits per heavy atom. The van der Waals surface area contributed by atoms with Crippen molar-refractivity contribution in [1.29, 1.82) is 0 Å². The number of aryl methyl sites for hydroxylation is 1. The molecule has 27 heavy (non-hydrogen) atoms. The van der Waals surface area contributed by atoms with E-state index in [0.717, 1.165) is 22.6 Å². The van der Waals surface area contributed by atoms with Gasteiger partial charge in [-0.1, -0.05) is 31.2 Å². The number of benzene rings is 2. The van der Waals surface area contributed by atoms with Crippen molar-refractivity contribution in [2.24, 2.45) is 11.0 Å². The van der Waals surface area contributed by atoms with Crippen LogP contribution in [0.15, 0.2) is 53.6 Å². The Labute approximate surface area is 156 Å². The van der Waals surface area contributed by atoms with Gasteiger partial charge in [-0.25, -0.2) is 0 Å². The minimum Gasteiger partial charge on any atom is -0.298 e. The first-order valence-electron chi connectivity index (χ1n) is 8.64. The number of Topliss-reactive ketones (excluding diaryl/α,β-unsaturated/α-hetero) is 1. The van der Waals surface area contributed by atoms with Gasteiger partial charge in [0.25, 0.3) is 11.6 Å². The summed E-state index contributed by atoms with van der Waals surface area (Å²) in [5.74, 6) is -1.57. The molecule has 2 aromatic rings. The number of nitro groups is 1. The maximum Gasteiger partial charge on any atom is 0.269 e. The number of carbonyl (C=O) groups excluding carboxylic acids is 2. The van der Waals surface area contributed by atoms with Crippen molar-refractivity contribution in [2.75, 3.05) is 5.01 Å². The lowest BCUT2D eigenvalue weighted by Crippen LogP contribution is -2.33. The molecule has 7 nitrogen and oxygen atoms in total. The van der Waals surface area contributed by atoms with Crippen LogP contribution < -0.4 is 5.01 Å². The van der Waals surface area contributed by atoms with Crippen LogP contribution >= 0.6 is 0 Å². The van der Waals surface area contributed by atoms with E-state index in [1.54, 1.807) is 6.92 Å². The molecule has 2 aromatic carbocycles. The normalized spacial score (nSPS) is 16.4. The van der Waals surface area contributed by atoms with Gasteiger partial charge < -0.3 is 0 Å². The molecule has 1 unspecified atom stereocenters. The van der Waals surface area contributed by atoms with Crippen LogP contribution in [0.2, 0.25) is 0 Å². The van der Waals surface area contributed by atoms with Gasteiger partial charge in [-0.3, -0.25) is 19.7 Å². The molecule has 0 aromatic heterocycles. The molecule has 0 radical (unpaired) electrons. The number of hydrogen-bond donors (Lipinski definition) is 0. The van der Waals surface area contributed by atoms with Gasteiger partial charge in [0.05, 0.1) is 16.3 Å². The third-order valence-electron chi connectivity index (χ3n) is 4.54. The molecule has 0 fully saturated rings. The Morgan fingerprint density at radius 3 is 2.48 bits per heavy atom. The number of nitro benzene ring substituents is 1. The van der Waals surface area contributed by atoms with E-state index in [2.05, 4.69) is 5.10 Å². The fourth-order valence-electron chi connectivity index (χ4n) is 3.10. The molecule has 1 aliphatic heterocycles. The lowest BCUT2D eigenvalue weighted by Gasteiger charge is -2.14. The molecular weight excluding hydrogens is 346 g/mol. The van der Waals surface area contributed by atoms with E-state index >= 15 is 0 Å². The van der Waals surface area contributed by atoms with Gasteiger partial charge >= 0.3 is 0 Å². The molecular formula is C20H19N3O4. The topological polar surface area (TPSA) is 92.9 Å². The van der Waals surface area contributed by atoms with Crippen molar-refractivity contribution in [1.82, 2.24) is 0 Å². The maximum absolute atomic E-state index is 12.7. The molecule has 3 rings (SSSR count). The Bertz CT molecular complexity index is 934. The Balaban J connectivity index is 1.77. The first-order valence-corrected chi connectivity index (χ1v) is 8.64. The number of rotatable bonds is 6. The van der Waals surface area contributed by atoms with E-state index in [1.165, 1.54) is 24.3 Å². The van der Waals surface area contributed by atoms with Gasteiger partial charge in [-0.2, -0.15) is 10.1 Å². The summed E-state index contributed by atoms with van der Waals surface area (Å²) in [5, 5.41) is 16.1. The smallest absolute Gasteiger partial charge is 0.269 e. The minimum absolute atomic E-state index is 0.0745. The van der Waals surface area contributed by atoms with Crippen LogP contribution in [0.1, 0.15) is 25.0 Å². The monoisotopic (exact) mass is 365 g/mol. The summed E-state index contributed by atoms with van der Waals surface area (Å²) in [6.07, 6.45) is 1.03. The minimum atomic E-state index is -0.925. The first kappa shape index (κ1) is 18.4. The Kier molecular flexibility index (Phi) is 5.12. The van der Waals surface area contributed by atoms with Gasteiger partial charge in [-0.05, 0) is 36.6 Å². The zero-order valence-corrected chi connectivity index (χ0v) is 15.1. The molecule has 0 bridgehead atoms. The molecule has 0 N–H and O–H groups in total. The quantitative estimate of drug-likeness (QED) is 0.446. The maximum atomic E-state index is 12.7. The second-order valence-corrected chi connectivity index (χ2v) is 6.41. The van der Waals surface area contributed by atoms with Crippen LogP contribution in [-0.4, -0.2) is 22.3 Å². The Hall–Kier alpha value is -3.35. The average Bonchev–Trinajstić information content (AvgIpc) is 2.96. The summed E-state index contributed by atoms with van der Waals surface area (Å²) in [6.45, 7) is 3.69. The molecule has 0 spiro atoms. The van der Waals surface area contributed by atoms with E-state index in [9.17, 15) is 19.7 Å². The summed E-state index contributed by atoms with van der Waals surface area (Å²) in [4.78, 5) is 35.7. The number of non-ortho nitro benzene ring substituents is 1. The third-order valence-corrected chi connectivity index (χ3v) is 4.54. The van der Waals surface area contributed by atoms with Crippen molar-refractivity contribution in [3.05, 3.63) is 69.8 Å². The molecule has 0 aliphatic carbocycles. The Morgan fingerprint density at radius 1 is 1.19 bits per heavy atom. The number of anilines is 1. The summed E-state index contributed by atoms with van der Waals surface area (Å²) in [6, 6.07) is 13.3. The predicted molar refractivity (Wildman–Crippen MR) is 102 cm³/mol. The van der Waals surface area contributed by atoms with Gasteiger partial charge in [-0.15, -0.1) is 0 Å². The number of hydrazone groups is 1. The predicted octanol–water partition coefficient (Wildman–Crippen LogP) is 3.31. The molecule has 1 amide bonds. The van der Waals surface area contributed by atoms with Gasteiger partial charge in [0.2, 0.25) is 0 Å². The summed E-state index contributed by atoms with van der Waals surface area (Å²) in [5.41, 5.74) is 2.75. The van der Waals surface area contributed by atoms with Crippen molar-refractivity contribution in [3.8, 4) is 0 Å². The summed E-state index contributed by atoms with van der Waals surface area (Å²) in [7, 11) is 0. The number of nitrogens with zero attached hydrogens (tertiary/aromatic N) is 3. The van der Waals surface area contributed by atoms with Crippen LogP contribution in [0.4, 0.5) is 11.4 Å². The molecule has 1 atom stereocenters. The lowest BCUT2D eigenvalue weighted by atomic mass is 9.93. The highest BCUT2D eigenvalue weighted by Crippen LogP contribution is 2.27. The number of ketones is 1. The fraction of sp³-hybridized carbons (Fsp3) is 0.250. The molecule has 138 valence electrons. The van der Waals surface area contributed by atoms with Gasteiger partial charge in [0.15, 0.2) is 5.78 Å². The molecule has 1 aliphatic rings. The van der Waals surface area contributed by atoms with Crippen molar-refractivity contribution >= 4 is 28.8 Å². The zero-order chi connectivity index (χ0) is 19.6. The van der Waals surface area contributed by atoms with Gasteiger partial charge in [0.1, 0.15) is 5.92 Å². The van der Waals surface area contributed by atoms with E-state index < -0.39 is 16.7 Å². The van der Waals surface area contributed by atoms with E-state index in [-0.39, 0.29) is 17.9 Å². The van der Waals surface area contributed by atoms with Crippen LogP contribution in [0.5, 0.6) is 0 Å². The fourth-order valence-corrected chi connectivity index (χ4v) is 3.10. The van der Waals surface area contributed by atoms with E-state index in [4.69, 9.17) is 0 Å². The summed E-state index contributed by atoms with van der Waals surface area (Å²) < 4.78 is 0. The molecule has 1 heterocycles. The molecule has 7 heteroatoms. The number of amides is 1. The van der Waals surface area contributed by atoms with Crippen LogP contribution in [0, 0.1) is 16.0 Å². The second-order valence-electron chi connectivity index (χ2n) is 6.41. The molecule has 0 saturated heterocycles. The summed E-state index contributed by atoms with van der Waals surface area (Å²) >= 11 is 0. The van der Waals surface area contributed by atoms with Crippen LogP contribution in [-0.2, 0) is 22.4 Å². The lowest BCUT2D eigenvalue weighted by molar-refractivity contribution is -0.384. The van der Waals surface area contributed by atoms with Crippen molar-refractivity contribution in [3.63, 3.8) is 0 Å². The highest BCUT2D eigenvalue weighted by molar-refractivity contribution is 6.27. The number of carbonyl (C=O) groups is 2. The van der Waals surface area contributed by atoms with Crippen LogP contribution in [0.25, 0.3) is 0 Å². The second kappa shape index (κ2) is 7.49. The average molecular weight is 365 g/mol.